The topological polar surface area (TPSA) is 93.4 Å². The van der Waals surface area contributed by atoms with Gasteiger partial charge < -0.3 is 0 Å². The summed E-state index contributed by atoms with van der Waals surface area (Å²) in [6.45, 7) is 2.03. The fourth-order valence-corrected chi connectivity index (χ4v) is 6.50. The van der Waals surface area contributed by atoms with Gasteiger partial charge in [0.1, 0.15) is 5.01 Å². The van der Waals surface area contributed by atoms with Gasteiger partial charge in [-0.3, -0.25) is 10.1 Å². The Morgan fingerprint density at radius 2 is 2.04 bits per heavy atom. The Morgan fingerprint density at radius 1 is 1.26 bits per heavy atom. The third kappa shape index (κ3) is 3.11. The van der Waals surface area contributed by atoms with Crippen molar-refractivity contribution in [3.63, 3.8) is 0 Å². The van der Waals surface area contributed by atoms with E-state index >= 15 is 0 Å². The van der Waals surface area contributed by atoms with Crippen molar-refractivity contribution in [1.29, 1.82) is 0 Å². The van der Waals surface area contributed by atoms with Crippen LogP contribution in [0, 0.1) is 17.0 Å². The lowest BCUT2D eigenvalue weighted by Crippen LogP contribution is -2.31. The van der Waals surface area contributed by atoms with Gasteiger partial charge in [-0.15, -0.1) is 11.3 Å². The number of non-ortho nitro benzene ring substituents is 1. The van der Waals surface area contributed by atoms with Crippen molar-refractivity contribution in [3.05, 3.63) is 63.1 Å². The molecule has 1 saturated heterocycles. The maximum absolute atomic E-state index is 13.3. The monoisotopic (exact) mass is 403 g/mol. The van der Waals surface area contributed by atoms with Crippen LogP contribution in [0.4, 0.5) is 5.69 Å². The number of thiazole rings is 1. The quantitative estimate of drug-likeness (QED) is 0.484. The average Bonchev–Trinajstić information content (AvgIpc) is 3.28. The van der Waals surface area contributed by atoms with E-state index in [0.717, 1.165) is 27.7 Å². The van der Waals surface area contributed by atoms with E-state index in [9.17, 15) is 18.5 Å². The first kappa shape index (κ1) is 18.0. The first-order valence-corrected chi connectivity index (χ1v) is 10.8. The molecule has 0 N–H and O–H groups in total. The molecular formula is C18H17N3O4S2. The van der Waals surface area contributed by atoms with E-state index in [1.165, 1.54) is 27.8 Å². The molecule has 3 aromatic rings. The van der Waals surface area contributed by atoms with Gasteiger partial charge in [0.2, 0.25) is 10.0 Å². The first-order valence-electron chi connectivity index (χ1n) is 8.50. The number of fused-ring (bicyclic) bond motifs is 1. The molecule has 1 fully saturated rings. The lowest BCUT2D eigenvalue weighted by molar-refractivity contribution is -0.385. The van der Waals surface area contributed by atoms with Crippen molar-refractivity contribution in [2.45, 2.75) is 30.7 Å². The second-order valence-corrected chi connectivity index (χ2v) is 9.42. The summed E-state index contributed by atoms with van der Waals surface area (Å²) in [6.07, 6.45) is 1.42. The summed E-state index contributed by atoms with van der Waals surface area (Å²) in [5.74, 6) is 0. The highest BCUT2D eigenvalue weighted by Crippen LogP contribution is 2.40. The van der Waals surface area contributed by atoms with Crippen LogP contribution in [0.5, 0.6) is 0 Å². The smallest absolute Gasteiger partial charge is 0.258 e. The molecule has 1 aliphatic rings. The van der Waals surface area contributed by atoms with Crippen LogP contribution in [0.15, 0.2) is 47.4 Å². The summed E-state index contributed by atoms with van der Waals surface area (Å²) in [7, 11) is -3.86. The fraction of sp³-hybridized carbons (Fsp3) is 0.278. The summed E-state index contributed by atoms with van der Waals surface area (Å²) in [5.41, 5.74) is 1.12. The number of hydrogen-bond donors (Lipinski definition) is 0. The highest BCUT2D eigenvalue weighted by Gasteiger charge is 2.39. The minimum Gasteiger partial charge on any atom is -0.258 e. The van der Waals surface area contributed by atoms with Crippen LogP contribution in [0.2, 0.25) is 0 Å². The third-order valence-corrected chi connectivity index (χ3v) is 7.96. The van der Waals surface area contributed by atoms with E-state index < -0.39 is 14.9 Å². The minimum absolute atomic E-state index is 0.00953. The van der Waals surface area contributed by atoms with Crippen LogP contribution in [0.25, 0.3) is 10.2 Å². The number of benzene rings is 2. The van der Waals surface area contributed by atoms with Gasteiger partial charge >= 0.3 is 0 Å². The van der Waals surface area contributed by atoms with Crippen LogP contribution in [0.1, 0.15) is 29.5 Å². The van der Waals surface area contributed by atoms with Gasteiger partial charge in [-0.25, -0.2) is 13.4 Å². The van der Waals surface area contributed by atoms with E-state index in [1.807, 2.05) is 24.3 Å². The van der Waals surface area contributed by atoms with Gasteiger partial charge in [-0.05, 0) is 37.5 Å². The lowest BCUT2D eigenvalue weighted by Gasteiger charge is -2.23. The van der Waals surface area contributed by atoms with Crippen LogP contribution in [-0.2, 0) is 10.0 Å². The largest absolute Gasteiger partial charge is 0.270 e. The molecule has 0 spiro atoms. The van der Waals surface area contributed by atoms with Crippen molar-refractivity contribution < 1.29 is 13.3 Å². The van der Waals surface area contributed by atoms with Crippen molar-refractivity contribution in [2.24, 2.45) is 0 Å². The second kappa shape index (κ2) is 6.66. The molecule has 27 heavy (non-hydrogen) atoms. The lowest BCUT2D eigenvalue weighted by atomic mass is 10.2. The predicted octanol–water partition coefficient (Wildman–Crippen LogP) is 4.04. The first-order chi connectivity index (χ1) is 12.9. The van der Waals surface area contributed by atoms with E-state index in [1.54, 1.807) is 6.92 Å². The van der Waals surface area contributed by atoms with E-state index in [-0.39, 0.29) is 16.6 Å². The molecule has 7 nitrogen and oxygen atoms in total. The number of hydrogen-bond acceptors (Lipinski definition) is 6. The number of rotatable bonds is 4. The number of para-hydroxylation sites is 1. The van der Waals surface area contributed by atoms with Gasteiger partial charge in [0.05, 0.1) is 26.1 Å². The Hall–Kier alpha value is -2.36. The molecule has 0 radical (unpaired) electrons. The SMILES string of the molecule is Cc1ccc([N+](=O)[O-])cc1S(=O)(=O)N1CCC[C@@H]1c1nc2ccccc2s1. The van der Waals surface area contributed by atoms with E-state index in [0.29, 0.717) is 18.5 Å². The molecule has 1 aromatic heterocycles. The van der Waals surface area contributed by atoms with Crippen molar-refractivity contribution >= 4 is 37.3 Å². The third-order valence-electron chi connectivity index (χ3n) is 4.77. The van der Waals surface area contributed by atoms with Crippen LogP contribution in [-0.4, -0.2) is 29.2 Å². The molecule has 2 aromatic carbocycles. The van der Waals surface area contributed by atoms with Crippen LogP contribution < -0.4 is 0 Å². The maximum Gasteiger partial charge on any atom is 0.270 e. The Balaban J connectivity index is 1.77. The standard InChI is InChI=1S/C18H17N3O4S2/c1-12-8-9-13(21(22)23)11-17(12)27(24,25)20-10-4-6-15(20)18-19-14-5-2-3-7-16(14)26-18/h2-3,5,7-9,11,15H,4,6,10H2,1H3/t15-/m1/s1. The highest BCUT2D eigenvalue weighted by molar-refractivity contribution is 7.89. The Kier molecular flexibility index (Phi) is 4.45. The summed E-state index contributed by atoms with van der Waals surface area (Å²) < 4.78 is 29.1. The van der Waals surface area contributed by atoms with Gasteiger partial charge in [-0.1, -0.05) is 18.2 Å². The Bertz CT molecular complexity index is 1110. The average molecular weight is 403 g/mol. The number of nitro benzene ring substituents is 1. The number of sulfonamides is 1. The molecule has 9 heteroatoms. The number of nitro groups is 1. The summed E-state index contributed by atoms with van der Waals surface area (Å²) in [6, 6.07) is 11.3. The zero-order valence-corrected chi connectivity index (χ0v) is 16.2. The fourth-order valence-electron chi connectivity index (χ4n) is 3.41. The molecule has 1 aliphatic heterocycles. The second-order valence-electron chi connectivity index (χ2n) is 6.50. The van der Waals surface area contributed by atoms with Crippen LogP contribution >= 0.6 is 11.3 Å². The number of aryl methyl sites for hydroxylation is 1. The molecule has 1 atom stereocenters. The number of aromatic nitrogens is 1. The predicted molar refractivity (Wildman–Crippen MR) is 103 cm³/mol. The maximum atomic E-state index is 13.3. The molecule has 0 saturated carbocycles. The van der Waals surface area contributed by atoms with Gasteiger partial charge in [-0.2, -0.15) is 4.31 Å². The molecule has 0 aliphatic carbocycles. The van der Waals surface area contributed by atoms with Gasteiger partial charge in [0.15, 0.2) is 0 Å². The zero-order valence-electron chi connectivity index (χ0n) is 14.5. The molecular weight excluding hydrogens is 386 g/mol. The van der Waals surface area contributed by atoms with E-state index in [2.05, 4.69) is 4.98 Å². The summed E-state index contributed by atoms with van der Waals surface area (Å²) >= 11 is 1.50. The number of nitrogens with zero attached hydrogens (tertiary/aromatic N) is 3. The summed E-state index contributed by atoms with van der Waals surface area (Å²) in [4.78, 5) is 15.1. The molecule has 4 rings (SSSR count). The normalized spacial score (nSPS) is 18.2. The van der Waals surface area contributed by atoms with Gasteiger partial charge in [0.25, 0.3) is 5.69 Å². The van der Waals surface area contributed by atoms with Gasteiger partial charge in [0, 0.05) is 18.7 Å². The highest BCUT2D eigenvalue weighted by atomic mass is 32.2. The molecule has 2 heterocycles. The van der Waals surface area contributed by atoms with Crippen LogP contribution in [0.3, 0.4) is 0 Å². The van der Waals surface area contributed by atoms with Crippen molar-refractivity contribution in [3.8, 4) is 0 Å². The summed E-state index contributed by atoms with van der Waals surface area (Å²) in [5, 5.41) is 11.9. The molecule has 0 bridgehead atoms. The molecule has 0 unspecified atom stereocenters. The van der Waals surface area contributed by atoms with E-state index in [4.69, 9.17) is 0 Å². The molecule has 140 valence electrons. The minimum atomic E-state index is -3.86. The zero-order chi connectivity index (χ0) is 19.2. The molecule has 0 amide bonds. The van der Waals surface area contributed by atoms with Crippen molar-refractivity contribution in [2.75, 3.05) is 6.54 Å². The Labute approximate surface area is 160 Å². The van der Waals surface area contributed by atoms with Crippen molar-refractivity contribution in [1.82, 2.24) is 9.29 Å². The Morgan fingerprint density at radius 3 is 2.78 bits per heavy atom.